The Hall–Kier alpha value is -1.95. The van der Waals surface area contributed by atoms with Crippen LogP contribution < -0.4 is 4.90 Å². The SMILES string of the molecule is CCCc1cnc(C)nc1N1CCN(Cc2nccn2C(C)C)CC1. The number of hydrogen-bond acceptors (Lipinski definition) is 5. The molecule has 0 aliphatic carbocycles. The molecule has 1 fully saturated rings. The number of hydrogen-bond donors (Lipinski definition) is 0. The average Bonchev–Trinajstić information content (AvgIpc) is 3.06. The molecule has 136 valence electrons. The molecule has 6 nitrogen and oxygen atoms in total. The smallest absolute Gasteiger partial charge is 0.135 e. The maximum absolute atomic E-state index is 4.73. The minimum absolute atomic E-state index is 0.458. The Morgan fingerprint density at radius 1 is 1.12 bits per heavy atom. The van der Waals surface area contributed by atoms with Crippen LogP contribution in [0.1, 0.15) is 50.4 Å². The quantitative estimate of drug-likeness (QED) is 0.808. The zero-order chi connectivity index (χ0) is 17.8. The lowest BCUT2D eigenvalue weighted by atomic mass is 10.1. The van der Waals surface area contributed by atoms with Gasteiger partial charge in [-0.25, -0.2) is 15.0 Å². The summed E-state index contributed by atoms with van der Waals surface area (Å²) >= 11 is 0. The van der Waals surface area contributed by atoms with Gasteiger partial charge in [0, 0.05) is 56.4 Å². The van der Waals surface area contributed by atoms with Gasteiger partial charge >= 0.3 is 0 Å². The Labute approximate surface area is 150 Å². The number of aryl methyl sites for hydroxylation is 2. The highest BCUT2D eigenvalue weighted by Gasteiger charge is 2.22. The molecule has 1 saturated heterocycles. The van der Waals surface area contributed by atoms with Crippen LogP contribution in [0.4, 0.5) is 5.82 Å². The Bertz CT molecular complexity index is 685. The van der Waals surface area contributed by atoms with Crippen molar-refractivity contribution in [2.45, 2.75) is 53.1 Å². The van der Waals surface area contributed by atoms with Gasteiger partial charge < -0.3 is 9.47 Å². The van der Waals surface area contributed by atoms with Crippen LogP contribution in [0.3, 0.4) is 0 Å². The van der Waals surface area contributed by atoms with E-state index in [1.54, 1.807) is 0 Å². The van der Waals surface area contributed by atoms with Crippen molar-refractivity contribution in [1.82, 2.24) is 24.4 Å². The lowest BCUT2D eigenvalue weighted by Gasteiger charge is -2.36. The van der Waals surface area contributed by atoms with Crippen LogP contribution in [0.25, 0.3) is 0 Å². The van der Waals surface area contributed by atoms with Gasteiger partial charge in [0.25, 0.3) is 0 Å². The Balaban J connectivity index is 1.64. The van der Waals surface area contributed by atoms with E-state index in [1.165, 1.54) is 5.56 Å². The summed E-state index contributed by atoms with van der Waals surface area (Å²) < 4.78 is 2.26. The first kappa shape index (κ1) is 17.9. The molecule has 25 heavy (non-hydrogen) atoms. The number of piperazine rings is 1. The fourth-order valence-corrected chi connectivity index (χ4v) is 3.46. The molecule has 2 aromatic rings. The van der Waals surface area contributed by atoms with Gasteiger partial charge in [-0.15, -0.1) is 0 Å². The predicted molar refractivity (Wildman–Crippen MR) is 101 cm³/mol. The zero-order valence-corrected chi connectivity index (χ0v) is 15.9. The van der Waals surface area contributed by atoms with E-state index in [9.17, 15) is 0 Å². The van der Waals surface area contributed by atoms with E-state index in [0.717, 1.165) is 63.0 Å². The van der Waals surface area contributed by atoms with Gasteiger partial charge in [0.05, 0.1) is 6.54 Å². The molecule has 1 aliphatic heterocycles. The molecule has 0 unspecified atom stereocenters. The van der Waals surface area contributed by atoms with Crippen LogP contribution in [0.2, 0.25) is 0 Å². The van der Waals surface area contributed by atoms with Crippen molar-refractivity contribution in [2.75, 3.05) is 31.1 Å². The van der Waals surface area contributed by atoms with Crippen molar-refractivity contribution in [3.63, 3.8) is 0 Å². The predicted octanol–water partition coefficient (Wildman–Crippen LogP) is 2.84. The van der Waals surface area contributed by atoms with Gasteiger partial charge in [0.2, 0.25) is 0 Å². The standard InChI is InChI=1S/C19H30N6/c1-5-6-17-13-21-16(4)22-19(17)24-11-9-23(10-12-24)14-18-20-7-8-25(18)15(2)3/h7-8,13,15H,5-6,9-12,14H2,1-4H3. The van der Waals surface area contributed by atoms with Gasteiger partial charge in [0.1, 0.15) is 17.5 Å². The molecule has 0 spiro atoms. The maximum Gasteiger partial charge on any atom is 0.135 e. The Morgan fingerprint density at radius 3 is 2.56 bits per heavy atom. The van der Waals surface area contributed by atoms with Crippen molar-refractivity contribution < 1.29 is 0 Å². The Kier molecular flexibility index (Phi) is 5.68. The number of rotatable bonds is 6. The molecular formula is C19H30N6. The number of imidazole rings is 1. The second-order valence-corrected chi connectivity index (χ2v) is 7.12. The van der Waals surface area contributed by atoms with E-state index >= 15 is 0 Å². The third-order valence-corrected chi connectivity index (χ3v) is 4.82. The van der Waals surface area contributed by atoms with Crippen molar-refractivity contribution >= 4 is 5.82 Å². The third-order valence-electron chi connectivity index (χ3n) is 4.82. The van der Waals surface area contributed by atoms with Crippen molar-refractivity contribution in [1.29, 1.82) is 0 Å². The van der Waals surface area contributed by atoms with Crippen LogP contribution in [0.15, 0.2) is 18.6 Å². The molecule has 2 aromatic heterocycles. The minimum atomic E-state index is 0.458. The molecule has 0 saturated carbocycles. The molecule has 0 radical (unpaired) electrons. The normalized spacial score (nSPS) is 16.0. The van der Waals surface area contributed by atoms with Crippen molar-refractivity contribution in [3.05, 3.63) is 35.8 Å². The number of aromatic nitrogens is 4. The van der Waals surface area contributed by atoms with Gasteiger partial charge in [-0.05, 0) is 27.2 Å². The fraction of sp³-hybridized carbons (Fsp3) is 0.632. The summed E-state index contributed by atoms with van der Waals surface area (Å²) in [5.41, 5.74) is 1.27. The summed E-state index contributed by atoms with van der Waals surface area (Å²) in [7, 11) is 0. The van der Waals surface area contributed by atoms with Gasteiger partial charge in [-0.3, -0.25) is 4.90 Å². The Morgan fingerprint density at radius 2 is 1.88 bits per heavy atom. The first-order chi connectivity index (χ1) is 12.1. The summed E-state index contributed by atoms with van der Waals surface area (Å²) in [6, 6.07) is 0.458. The number of nitrogens with zero attached hydrogens (tertiary/aromatic N) is 6. The molecule has 1 aliphatic rings. The highest BCUT2D eigenvalue weighted by molar-refractivity contribution is 5.46. The lowest BCUT2D eigenvalue weighted by molar-refractivity contribution is 0.238. The first-order valence-electron chi connectivity index (χ1n) is 9.40. The number of anilines is 1. The van der Waals surface area contributed by atoms with Crippen LogP contribution in [0, 0.1) is 6.92 Å². The molecular weight excluding hydrogens is 312 g/mol. The zero-order valence-electron chi connectivity index (χ0n) is 15.9. The van der Waals surface area contributed by atoms with Crippen LogP contribution in [-0.4, -0.2) is 50.6 Å². The summed E-state index contributed by atoms with van der Waals surface area (Å²) in [5.74, 6) is 3.15. The summed E-state index contributed by atoms with van der Waals surface area (Å²) in [6.45, 7) is 13.6. The molecule has 6 heteroatoms. The summed E-state index contributed by atoms with van der Waals surface area (Å²) in [5, 5.41) is 0. The average molecular weight is 342 g/mol. The topological polar surface area (TPSA) is 50.1 Å². The van der Waals surface area contributed by atoms with Gasteiger partial charge in [-0.2, -0.15) is 0 Å². The summed E-state index contributed by atoms with van der Waals surface area (Å²) in [4.78, 5) is 18.6. The fourth-order valence-electron chi connectivity index (χ4n) is 3.46. The molecule has 0 atom stereocenters. The molecule has 0 bridgehead atoms. The molecule has 0 aromatic carbocycles. The molecule has 3 rings (SSSR count). The largest absolute Gasteiger partial charge is 0.354 e. The van der Waals surface area contributed by atoms with E-state index in [2.05, 4.69) is 51.3 Å². The minimum Gasteiger partial charge on any atom is -0.354 e. The van der Waals surface area contributed by atoms with Crippen LogP contribution in [0.5, 0.6) is 0 Å². The van der Waals surface area contributed by atoms with Crippen LogP contribution in [-0.2, 0) is 13.0 Å². The van der Waals surface area contributed by atoms with Crippen LogP contribution >= 0.6 is 0 Å². The van der Waals surface area contributed by atoms with Gasteiger partial charge in [-0.1, -0.05) is 13.3 Å². The lowest BCUT2D eigenvalue weighted by Crippen LogP contribution is -2.47. The van der Waals surface area contributed by atoms with Crippen molar-refractivity contribution in [3.8, 4) is 0 Å². The second kappa shape index (κ2) is 7.95. The highest BCUT2D eigenvalue weighted by Crippen LogP contribution is 2.21. The molecule has 3 heterocycles. The highest BCUT2D eigenvalue weighted by atomic mass is 15.3. The van der Waals surface area contributed by atoms with Crippen molar-refractivity contribution in [2.24, 2.45) is 0 Å². The van der Waals surface area contributed by atoms with Gasteiger partial charge in [0.15, 0.2) is 0 Å². The van der Waals surface area contributed by atoms with E-state index in [-0.39, 0.29) is 0 Å². The van der Waals surface area contributed by atoms with E-state index in [4.69, 9.17) is 4.98 Å². The first-order valence-corrected chi connectivity index (χ1v) is 9.40. The summed E-state index contributed by atoms with van der Waals surface area (Å²) in [6.07, 6.45) is 8.16. The maximum atomic E-state index is 4.73. The molecule has 0 amide bonds. The van der Waals surface area contributed by atoms with E-state index < -0.39 is 0 Å². The third kappa shape index (κ3) is 4.18. The monoisotopic (exact) mass is 342 g/mol. The van der Waals surface area contributed by atoms with E-state index in [1.807, 2.05) is 19.3 Å². The second-order valence-electron chi connectivity index (χ2n) is 7.12. The van der Waals surface area contributed by atoms with E-state index in [0.29, 0.717) is 6.04 Å². The molecule has 0 N–H and O–H groups in total.